The Balaban J connectivity index is 1.69. The molecule has 134 valence electrons. The maximum absolute atomic E-state index is 4.93. The summed E-state index contributed by atoms with van der Waals surface area (Å²) < 4.78 is 0. The summed E-state index contributed by atoms with van der Waals surface area (Å²) in [6.07, 6.45) is 2.87. The van der Waals surface area contributed by atoms with Crippen LogP contribution in [0.1, 0.15) is 42.5 Å². The summed E-state index contributed by atoms with van der Waals surface area (Å²) >= 11 is 0. The maximum atomic E-state index is 4.93. The van der Waals surface area contributed by atoms with E-state index >= 15 is 0 Å². The number of hydrogen-bond donors (Lipinski definition) is 0. The molecule has 1 aliphatic carbocycles. The third-order valence-electron chi connectivity index (χ3n) is 5.10. The molecule has 3 aromatic rings. The van der Waals surface area contributed by atoms with Crippen molar-refractivity contribution < 1.29 is 0 Å². The van der Waals surface area contributed by atoms with Gasteiger partial charge >= 0.3 is 0 Å². The van der Waals surface area contributed by atoms with E-state index < -0.39 is 0 Å². The minimum absolute atomic E-state index is 0.768. The van der Waals surface area contributed by atoms with Crippen molar-refractivity contribution in [1.29, 1.82) is 0 Å². The summed E-state index contributed by atoms with van der Waals surface area (Å²) in [5.74, 6) is 0. The lowest BCUT2D eigenvalue weighted by atomic mass is 10.1. The molecule has 0 atom stereocenters. The molecule has 2 nitrogen and oxygen atoms in total. The Hall–Kier alpha value is -3.00. The first-order valence-corrected chi connectivity index (χ1v) is 9.69. The van der Waals surface area contributed by atoms with Gasteiger partial charge in [-0.3, -0.25) is 9.98 Å². The fraction of sp³-hybridized carbons (Fsp3) is 0.200. The molecule has 0 spiro atoms. The number of aryl methyl sites for hydroxylation is 2. The molecule has 1 aliphatic rings. The van der Waals surface area contributed by atoms with Gasteiger partial charge in [0.1, 0.15) is 0 Å². The number of hydrogen-bond acceptors (Lipinski definition) is 2. The highest BCUT2D eigenvalue weighted by Crippen LogP contribution is 2.28. The van der Waals surface area contributed by atoms with Gasteiger partial charge in [0.05, 0.1) is 22.8 Å². The van der Waals surface area contributed by atoms with Crippen LogP contribution in [0.5, 0.6) is 0 Å². The van der Waals surface area contributed by atoms with Gasteiger partial charge in [-0.2, -0.15) is 0 Å². The van der Waals surface area contributed by atoms with Crippen LogP contribution in [0.2, 0.25) is 0 Å². The topological polar surface area (TPSA) is 24.7 Å². The number of rotatable bonds is 4. The van der Waals surface area contributed by atoms with Gasteiger partial charge in [-0.25, -0.2) is 0 Å². The van der Waals surface area contributed by atoms with Gasteiger partial charge in [-0.15, -0.1) is 0 Å². The van der Waals surface area contributed by atoms with Crippen molar-refractivity contribution in [2.75, 3.05) is 0 Å². The molecule has 0 aliphatic heterocycles. The minimum atomic E-state index is 0.768. The Labute approximate surface area is 161 Å². The third-order valence-corrected chi connectivity index (χ3v) is 5.10. The first kappa shape index (κ1) is 17.4. The van der Waals surface area contributed by atoms with Crippen molar-refractivity contribution >= 4 is 22.8 Å². The fourth-order valence-electron chi connectivity index (χ4n) is 3.46. The molecule has 0 saturated carbocycles. The Morgan fingerprint density at radius 3 is 1.37 bits per heavy atom. The molecular formula is C25H24N2. The maximum Gasteiger partial charge on any atom is 0.0633 e. The molecule has 0 unspecified atom stereocenters. The minimum Gasteiger partial charge on any atom is -0.252 e. The van der Waals surface area contributed by atoms with Gasteiger partial charge < -0.3 is 0 Å². The molecule has 3 aromatic carbocycles. The summed E-state index contributed by atoms with van der Waals surface area (Å²) in [6.45, 7) is 4.34. The van der Waals surface area contributed by atoms with Gasteiger partial charge in [0, 0.05) is 17.5 Å². The number of aliphatic imine (C=N–C) groups is 2. The van der Waals surface area contributed by atoms with Gasteiger partial charge in [0.15, 0.2) is 0 Å². The number of benzene rings is 3. The molecule has 0 radical (unpaired) electrons. The highest BCUT2D eigenvalue weighted by molar-refractivity contribution is 6.28. The third kappa shape index (κ3) is 3.75. The van der Waals surface area contributed by atoms with E-state index in [0.29, 0.717) is 0 Å². The summed E-state index contributed by atoms with van der Waals surface area (Å²) in [5, 5.41) is 0. The molecule has 0 heterocycles. The van der Waals surface area contributed by atoms with Crippen LogP contribution in [-0.2, 0) is 12.8 Å². The van der Waals surface area contributed by atoms with Crippen LogP contribution in [0.3, 0.4) is 0 Å². The van der Waals surface area contributed by atoms with Crippen LogP contribution in [0.15, 0.2) is 82.8 Å². The monoisotopic (exact) mass is 352 g/mol. The smallest absolute Gasteiger partial charge is 0.0633 e. The van der Waals surface area contributed by atoms with E-state index in [-0.39, 0.29) is 0 Å². The molecule has 0 aromatic heterocycles. The van der Waals surface area contributed by atoms with Crippen LogP contribution < -0.4 is 0 Å². The second-order valence-electron chi connectivity index (χ2n) is 6.88. The molecule has 0 fully saturated rings. The van der Waals surface area contributed by atoms with Crippen LogP contribution in [0.25, 0.3) is 0 Å². The van der Waals surface area contributed by atoms with E-state index in [1.165, 1.54) is 22.3 Å². The molecule has 27 heavy (non-hydrogen) atoms. The predicted octanol–water partition coefficient (Wildman–Crippen LogP) is 6.46. The average molecular weight is 352 g/mol. The molecule has 2 heteroatoms. The molecular weight excluding hydrogens is 328 g/mol. The summed E-state index contributed by atoms with van der Waals surface area (Å²) in [6, 6.07) is 25.5. The average Bonchev–Trinajstić information content (AvgIpc) is 3.06. The van der Waals surface area contributed by atoms with Crippen molar-refractivity contribution in [3.63, 3.8) is 0 Å². The van der Waals surface area contributed by atoms with E-state index in [9.17, 15) is 0 Å². The molecule has 0 N–H and O–H groups in total. The van der Waals surface area contributed by atoms with Crippen molar-refractivity contribution in [2.24, 2.45) is 9.98 Å². The van der Waals surface area contributed by atoms with Crippen LogP contribution in [-0.4, -0.2) is 11.4 Å². The van der Waals surface area contributed by atoms with Crippen molar-refractivity contribution in [1.82, 2.24) is 0 Å². The second kappa shape index (κ2) is 7.71. The van der Waals surface area contributed by atoms with E-state index in [4.69, 9.17) is 9.98 Å². The van der Waals surface area contributed by atoms with Crippen LogP contribution in [0.4, 0.5) is 11.4 Å². The Bertz CT molecular complexity index is 911. The Morgan fingerprint density at radius 2 is 1.00 bits per heavy atom. The lowest BCUT2D eigenvalue weighted by Crippen LogP contribution is -1.96. The number of nitrogens with zero attached hydrogens (tertiary/aromatic N) is 2. The first-order valence-electron chi connectivity index (χ1n) is 9.69. The zero-order valence-electron chi connectivity index (χ0n) is 15.9. The van der Waals surface area contributed by atoms with Crippen molar-refractivity contribution in [2.45, 2.75) is 33.1 Å². The van der Waals surface area contributed by atoms with E-state index in [0.717, 1.165) is 42.1 Å². The van der Waals surface area contributed by atoms with Crippen molar-refractivity contribution in [3.8, 4) is 0 Å². The van der Waals surface area contributed by atoms with E-state index in [2.05, 4.69) is 86.6 Å². The SMILES string of the molecule is CCc1ccc(N=C2CC(=Nc3ccc(CC)cc3)c3ccccc32)cc1. The summed E-state index contributed by atoms with van der Waals surface area (Å²) in [7, 11) is 0. The summed E-state index contributed by atoms with van der Waals surface area (Å²) in [5.41, 5.74) is 9.27. The standard InChI is InChI=1S/C25H24N2/c1-3-18-9-13-20(14-10-18)26-24-17-25(23-8-6-5-7-22(23)24)27-21-15-11-19(4-2)12-16-21/h5-16H,3-4,17H2,1-2H3. The lowest BCUT2D eigenvalue weighted by molar-refractivity contribution is 1.14. The predicted molar refractivity (Wildman–Crippen MR) is 115 cm³/mol. The highest BCUT2D eigenvalue weighted by atomic mass is 14.8. The van der Waals surface area contributed by atoms with E-state index in [1.54, 1.807) is 0 Å². The van der Waals surface area contributed by atoms with Crippen LogP contribution >= 0.6 is 0 Å². The normalized spacial score (nSPS) is 16.1. The molecule has 0 bridgehead atoms. The zero-order valence-corrected chi connectivity index (χ0v) is 15.9. The Kier molecular flexibility index (Phi) is 4.97. The van der Waals surface area contributed by atoms with Crippen LogP contribution in [0, 0.1) is 0 Å². The lowest BCUT2D eigenvalue weighted by Gasteiger charge is -2.01. The van der Waals surface area contributed by atoms with Gasteiger partial charge in [-0.1, -0.05) is 62.4 Å². The van der Waals surface area contributed by atoms with E-state index in [1.807, 2.05) is 0 Å². The summed E-state index contributed by atoms with van der Waals surface area (Å²) in [4.78, 5) is 9.86. The van der Waals surface area contributed by atoms with Crippen molar-refractivity contribution in [3.05, 3.63) is 95.1 Å². The van der Waals surface area contributed by atoms with Gasteiger partial charge in [0.25, 0.3) is 0 Å². The second-order valence-corrected chi connectivity index (χ2v) is 6.88. The van der Waals surface area contributed by atoms with Gasteiger partial charge in [0.2, 0.25) is 0 Å². The molecule has 0 amide bonds. The number of fused-ring (bicyclic) bond motifs is 1. The Morgan fingerprint density at radius 1 is 0.593 bits per heavy atom. The zero-order chi connectivity index (χ0) is 18.6. The quantitative estimate of drug-likeness (QED) is 0.515. The fourth-order valence-corrected chi connectivity index (χ4v) is 3.46. The largest absolute Gasteiger partial charge is 0.252 e. The first-order chi connectivity index (χ1) is 13.3. The van der Waals surface area contributed by atoms with Gasteiger partial charge in [-0.05, 0) is 48.2 Å². The molecule has 0 saturated heterocycles. The highest BCUT2D eigenvalue weighted by Gasteiger charge is 2.23. The molecule has 4 rings (SSSR count).